The van der Waals surface area contributed by atoms with Gasteiger partial charge in [-0.1, -0.05) is 48.5 Å². The van der Waals surface area contributed by atoms with Gasteiger partial charge in [-0.05, 0) is 44.9 Å². The van der Waals surface area contributed by atoms with Crippen molar-refractivity contribution in [3.05, 3.63) is 75.7 Å². The Morgan fingerprint density at radius 1 is 0.812 bits per heavy atom. The fourth-order valence-electron chi connectivity index (χ4n) is 2.57. The van der Waals surface area contributed by atoms with Gasteiger partial charge in [0.05, 0.1) is 0 Å². The topological polar surface area (TPSA) is 0 Å². The van der Waals surface area contributed by atoms with E-state index in [-0.39, 0.29) is 0 Å². The maximum atomic E-state index is 3.47. The third kappa shape index (κ3) is 0.892. The fraction of sp³-hybridized carbons (Fsp3) is 0. The highest BCUT2D eigenvalue weighted by atomic mass is 14.2. The van der Waals surface area contributed by atoms with Crippen LogP contribution in [0, 0.1) is 0 Å². The van der Waals surface area contributed by atoms with Crippen molar-refractivity contribution < 1.29 is 0 Å². The van der Waals surface area contributed by atoms with E-state index in [4.69, 9.17) is 0 Å². The normalized spacial score (nSPS) is 15.0. The summed E-state index contributed by atoms with van der Waals surface area (Å²) in [6, 6.07) is 17.0. The minimum Gasteiger partial charge on any atom is -0.0616 e. The minimum atomic E-state index is 1.22. The van der Waals surface area contributed by atoms with E-state index >= 15 is 0 Å². The summed E-state index contributed by atoms with van der Waals surface area (Å²) >= 11 is 0. The zero-order valence-electron chi connectivity index (χ0n) is 8.70. The summed E-state index contributed by atoms with van der Waals surface area (Å²) < 4.78 is 0. The molecular formula is C16H9. The fourth-order valence-corrected chi connectivity index (χ4v) is 2.57. The maximum absolute atomic E-state index is 3.47. The molecule has 16 heavy (non-hydrogen) atoms. The Morgan fingerprint density at radius 3 is 2.62 bits per heavy atom. The van der Waals surface area contributed by atoms with Crippen LogP contribution in [0.15, 0.2) is 54.1 Å². The molecule has 0 spiro atoms. The molecule has 1 radical (unpaired) electrons. The van der Waals surface area contributed by atoms with Gasteiger partial charge in [0.25, 0.3) is 0 Å². The molecule has 0 fully saturated rings. The first-order chi connectivity index (χ1) is 7.93. The van der Waals surface area contributed by atoms with Crippen LogP contribution in [0.3, 0.4) is 0 Å². The number of hydrogen-bond donors (Lipinski definition) is 0. The van der Waals surface area contributed by atoms with Crippen LogP contribution >= 0.6 is 0 Å². The first-order valence-corrected chi connectivity index (χ1v) is 5.48. The monoisotopic (exact) mass is 201 g/mol. The first-order valence-electron chi connectivity index (χ1n) is 5.48. The summed E-state index contributed by atoms with van der Waals surface area (Å²) in [7, 11) is 0. The number of fused-ring (bicyclic) bond motifs is 4. The Labute approximate surface area is 93.9 Å². The molecule has 0 amide bonds. The van der Waals surface area contributed by atoms with Crippen LogP contribution in [0.2, 0.25) is 0 Å². The van der Waals surface area contributed by atoms with Crippen LogP contribution < -0.4 is 10.4 Å². The van der Waals surface area contributed by atoms with E-state index in [0.717, 1.165) is 0 Å². The zero-order chi connectivity index (χ0) is 10.5. The second-order valence-corrected chi connectivity index (χ2v) is 4.19. The van der Waals surface area contributed by atoms with Gasteiger partial charge >= 0.3 is 0 Å². The second kappa shape index (κ2) is 2.73. The number of allylic oxidation sites excluding steroid dienone is 1. The molecule has 73 valence electrons. The smallest absolute Gasteiger partial charge is 0.00134 e. The molecule has 0 N–H and O–H groups in total. The van der Waals surface area contributed by atoms with Gasteiger partial charge in [0.1, 0.15) is 0 Å². The molecule has 4 rings (SSSR count). The molecule has 2 aliphatic rings. The van der Waals surface area contributed by atoms with Crippen LogP contribution in [0.1, 0.15) is 11.1 Å². The van der Waals surface area contributed by atoms with Gasteiger partial charge < -0.3 is 0 Å². The van der Waals surface area contributed by atoms with Gasteiger partial charge in [-0.15, -0.1) is 0 Å². The Hall–Kier alpha value is -2.08. The van der Waals surface area contributed by atoms with Crippen LogP contribution in [0.4, 0.5) is 0 Å². The lowest BCUT2D eigenvalue weighted by molar-refractivity contribution is 1.51. The SMILES string of the molecule is [C]1=c2ccccc2=C2C1=Cc1ccccc12. The summed E-state index contributed by atoms with van der Waals surface area (Å²) in [5, 5.41) is 2.54. The van der Waals surface area contributed by atoms with E-state index in [2.05, 4.69) is 60.7 Å². The summed E-state index contributed by atoms with van der Waals surface area (Å²) in [5.41, 5.74) is 5.25. The zero-order valence-corrected chi connectivity index (χ0v) is 8.70. The van der Waals surface area contributed by atoms with E-state index in [0.29, 0.717) is 0 Å². The molecule has 0 heteroatoms. The van der Waals surface area contributed by atoms with E-state index in [9.17, 15) is 0 Å². The van der Waals surface area contributed by atoms with Gasteiger partial charge in [-0.25, -0.2) is 0 Å². The Balaban J connectivity index is 2.22. The molecule has 0 saturated carbocycles. The summed E-state index contributed by atoms with van der Waals surface area (Å²) in [4.78, 5) is 0. The molecule has 0 aromatic heterocycles. The van der Waals surface area contributed by atoms with Crippen molar-refractivity contribution in [2.24, 2.45) is 0 Å². The molecule has 0 nitrogen and oxygen atoms in total. The summed E-state index contributed by atoms with van der Waals surface area (Å²) in [5.74, 6) is 0. The Kier molecular flexibility index (Phi) is 1.39. The number of rotatable bonds is 0. The molecule has 2 aromatic carbocycles. The third-order valence-corrected chi connectivity index (χ3v) is 3.27. The average molecular weight is 201 g/mol. The molecule has 0 heterocycles. The predicted molar refractivity (Wildman–Crippen MR) is 66.0 cm³/mol. The highest BCUT2D eigenvalue weighted by Crippen LogP contribution is 2.34. The van der Waals surface area contributed by atoms with Gasteiger partial charge in [-0.2, -0.15) is 0 Å². The molecule has 2 aromatic rings. The van der Waals surface area contributed by atoms with Gasteiger partial charge in [-0.3, -0.25) is 0 Å². The summed E-state index contributed by atoms with van der Waals surface area (Å²) in [6.45, 7) is 0. The van der Waals surface area contributed by atoms with Crippen molar-refractivity contribution in [2.45, 2.75) is 0 Å². The lowest BCUT2D eigenvalue weighted by atomic mass is 10.0. The van der Waals surface area contributed by atoms with E-state index in [1.165, 1.54) is 32.7 Å². The van der Waals surface area contributed by atoms with Gasteiger partial charge in [0.15, 0.2) is 0 Å². The quantitative estimate of drug-likeness (QED) is 0.611. The molecule has 0 saturated heterocycles. The van der Waals surface area contributed by atoms with Crippen molar-refractivity contribution in [1.29, 1.82) is 0 Å². The number of hydrogen-bond acceptors (Lipinski definition) is 0. The highest BCUT2D eigenvalue weighted by Gasteiger charge is 2.20. The highest BCUT2D eigenvalue weighted by molar-refractivity contribution is 6.02. The molecule has 0 aliphatic heterocycles. The van der Waals surface area contributed by atoms with E-state index in [1.54, 1.807) is 0 Å². The molecule has 0 unspecified atom stereocenters. The maximum Gasteiger partial charge on any atom is -0.00134 e. The Morgan fingerprint density at radius 2 is 1.62 bits per heavy atom. The van der Waals surface area contributed by atoms with Crippen molar-refractivity contribution >= 4 is 17.7 Å². The minimum absolute atomic E-state index is 1.22. The van der Waals surface area contributed by atoms with Gasteiger partial charge in [0, 0.05) is 0 Å². The van der Waals surface area contributed by atoms with Crippen molar-refractivity contribution in [2.75, 3.05) is 0 Å². The van der Waals surface area contributed by atoms with Crippen LogP contribution in [0.5, 0.6) is 0 Å². The predicted octanol–water partition coefficient (Wildman–Crippen LogP) is 1.95. The molecule has 0 bridgehead atoms. The van der Waals surface area contributed by atoms with Crippen molar-refractivity contribution in [3.8, 4) is 0 Å². The van der Waals surface area contributed by atoms with Crippen LogP contribution in [-0.2, 0) is 0 Å². The lowest BCUT2D eigenvalue weighted by Crippen LogP contribution is -2.22. The molecular weight excluding hydrogens is 192 g/mol. The average Bonchev–Trinajstić information content (AvgIpc) is 2.83. The molecule has 0 atom stereocenters. The number of benzene rings is 2. The third-order valence-electron chi connectivity index (χ3n) is 3.27. The largest absolute Gasteiger partial charge is 0.0616 e. The second-order valence-electron chi connectivity index (χ2n) is 4.19. The van der Waals surface area contributed by atoms with E-state index in [1.807, 2.05) is 0 Å². The van der Waals surface area contributed by atoms with Crippen LogP contribution in [0.25, 0.3) is 17.7 Å². The van der Waals surface area contributed by atoms with Crippen molar-refractivity contribution in [1.82, 2.24) is 0 Å². The van der Waals surface area contributed by atoms with Crippen molar-refractivity contribution in [3.63, 3.8) is 0 Å². The van der Waals surface area contributed by atoms with Gasteiger partial charge in [0.2, 0.25) is 0 Å². The van der Waals surface area contributed by atoms with E-state index < -0.39 is 0 Å². The molecule has 2 aliphatic carbocycles. The lowest BCUT2D eigenvalue weighted by Gasteiger charge is -2.00. The summed E-state index contributed by atoms with van der Waals surface area (Å²) in [6.07, 6.45) is 5.69. The first kappa shape index (κ1) is 8.12. The standard InChI is InChI=1S/C16H9/c1-3-7-14-11(5-1)9-13-10-12-6-2-4-8-15(12)16(13)14/h1-9H. The Bertz CT molecular complexity index is 746. The van der Waals surface area contributed by atoms with Crippen LogP contribution in [-0.4, -0.2) is 0 Å².